The number of nitrogens with one attached hydrogen (secondary N) is 1. The molecule has 0 saturated carbocycles. The minimum absolute atomic E-state index is 0.352. The van der Waals surface area contributed by atoms with Crippen molar-refractivity contribution in [1.29, 1.82) is 0 Å². The molecule has 2 heterocycles. The lowest BCUT2D eigenvalue weighted by Gasteiger charge is -2.12. The second-order valence-electron chi connectivity index (χ2n) is 4.45. The van der Waals surface area contributed by atoms with E-state index in [1.807, 2.05) is 12.1 Å². The summed E-state index contributed by atoms with van der Waals surface area (Å²) in [5, 5.41) is 3.93. The summed E-state index contributed by atoms with van der Waals surface area (Å²) in [7, 11) is 1.71. The number of pyridine rings is 1. The summed E-state index contributed by atoms with van der Waals surface area (Å²) < 4.78 is 1.77. The number of hydrogen-bond acceptors (Lipinski definition) is 3. The van der Waals surface area contributed by atoms with E-state index in [-0.39, 0.29) is 5.56 Å². The molecule has 0 aliphatic carbocycles. The number of anilines is 1. The topological polar surface area (TPSA) is 46.4 Å². The van der Waals surface area contributed by atoms with E-state index in [0.29, 0.717) is 32.6 Å². The van der Waals surface area contributed by atoms with Gasteiger partial charge < -0.3 is 5.32 Å². The fourth-order valence-corrected chi connectivity index (χ4v) is 2.65. The molecule has 3 aromatic rings. The van der Waals surface area contributed by atoms with Crippen LogP contribution in [0.2, 0.25) is 10.0 Å². The van der Waals surface area contributed by atoms with Gasteiger partial charge in [0, 0.05) is 28.9 Å². The molecule has 0 spiro atoms. The molecule has 0 bridgehead atoms. The van der Waals surface area contributed by atoms with Gasteiger partial charge in [0.25, 0.3) is 5.56 Å². The zero-order valence-corrected chi connectivity index (χ0v) is 12.6. The molecule has 0 unspecified atom stereocenters. The first-order valence-electron chi connectivity index (χ1n) is 6.26. The van der Waals surface area contributed by atoms with Crippen molar-refractivity contribution in [2.75, 3.05) is 12.4 Å². The van der Waals surface area contributed by atoms with E-state index in [0.717, 1.165) is 0 Å². The first-order chi connectivity index (χ1) is 10.1. The van der Waals surface area contributed by atoms with Gasteiger partial charge in [-0.25, -0.2) is 0 Å². The number of aromatic nitrogens is 2. The Morgan fingerprint density at radius 3 is 2.67 bits per heavy atom. The highest BCUT2D eigenvalue weighted by atomic mass is 35.5. The number of hydrogen-bond donors (Lipinski definition) is 1. The third kappa shape index (κ3) is 2.37. The van der Waals surface area contributed by atoms with Gasteiger partial charge in [-0.2, -0.15) is 4.98 Å². The summed E-state index contributed by atoms with van der Waals surface area (Å²) in [6, 6.07) is 10.6. The molecular formula is C15H11Cl2N3O. The number of halogens is 2. The molecule has 0 aliphatic heterocycles. The van der Waals surface area contributed by atoms with Gasteiger partial charge in [-0.05, 0) is 18.2 Å². The Kier molecular flexibility index (Phi) is 3.57. The number of rotatable bonds is 2. The molecule has 0 atom stereocenters. The van der Waals surface area contributed by atoms with Crippen molar-refractivity contribution in [1.82, 2.24) is 9.38 Å². The van der Waals surface area contributed by atoms with Crippen LogP contribution in [0.3, 0.4) is 0 Å². The fraction of sp³-hybridized carbons (Fsp3) is 0.0667. The Morgan fingerprint density at radius 1 is 1.19 bits per heavy atom. The van der Waals surface area contributed by atoms with Crippen LogP contribution in [0.1, 0.15) is 0 Å². The Hall–Kier alpha value is -2.04. The maximum absolute atomic E-state index is 12.4. The average molecular weight is 320 g/mol. The minimum atomic E-state index is -0.352. The van der Waals surface area contributed by atoms with Crippen LogP contribution >= 0.6 is 23.2 Å². The van der Waals surface area contributed by atoms with E-state index < -0.39 is 0 Å². The molecule has 0 radical (unpaired) electrons. The molecule has 2 aromatic heterocycles. The van der Waals surface area contributed by atoms with Crippen LogP contribution in [0.15, 0.2) is 47.4 Å². The molecule has 0 amide bonds. The van der Waals surface area contributed by atoms with Gasteiger partial charge >= 0.3 is 0 Å². The molecule has 106 valence electrons. The normalized spacial score (nSPS) is 10.8. The Balaban J connectivity index is 2.48. The summed E-state index contributed by atoms with van der Waals surface area (Å²) in [6.45, 7) is 0. The summed E-state index contributed by atoms with van der Waals surface area (Å²) >= 11 is 12.3. The highest BCUT2D eigenvalue weighted by Crippen LogP contribution is 2.30. The molecule has 4 nitrogen and oxygen atoms in total. The van der Waals surface area contributed by atoms with Gasteiger partial charge in [-0.3, -0.25) is 9.20 Å². The van der Waals surface area contributed by atoms with E-state index in [2.05, 4.69) is 10.3 Å². The van der Waals surface area contributed by atoms with Crippen molar-refractivity contribution in [2.45, 2.75) is 0 Å². The SMILES string of the molecule is CNc1nc(=O)c(-c2ccccc2Cl)c2cc(Cl)ccn12. The van der Waals surface area contributed by atoms with Crippen LogP contribution in [-0.2, 0) is 0 Å². The fourth-order valence-electron chi connectivity index (χ4n) is 2.26. The van der Waals surface area contributed by atoms with Gasteiger partial charge in [-0.15, -0.1) is 0 Å². The third-order valence-corrected chi connectivity index (χ3v) is 3.75. The number of fused-ring (bicyclic) bond motifs is 1. The van der Waals surface area contributed by atoms with Crippen LogP contribution in [0.4, 0.5) is 5.95 Å². The van der Waals surface area contributed by atoms with Crippen LogP contribution in [0, 0.1) is 0 Å². The van der Waals surface area contributed by atoms with Crippen molar-refractivity contribution in [3.63, 3.8) is 0 Å². The highest BCUT2D eigenvalue weighted by molar-refractivity contribution is 6.33. The zero-order valence-electron chi connectivity index (χ0n) is 11.1. The van der Waals surface area contributed by atoms with Crippen molar-refractivity contribution < 1.29 is 0 Å². The third-order valence-electron chi connectivity index (χ3n) is 3.19. The van der Waals surface area contributed by atoms with Gasteiger partial charge in [0.05, 0.1) is 11.1 Å². The smallest absolute Gasteiger partial charge is 0.283 e. The minimum Gasteiger partial charge on any atom is -0.358 e. The Bertz CT molecular complexity index is 890. The molecule has 0 fully saturated rings. The largest absolute Gasteiger partial charge is 0.358 e. The van der Waals surface area contributed by atoms with Crippen molar-refractivity contribution in [3.8, 4) is 11.1 Å². The van der Waals surface area contributed by atoms with Crippen molar-refractivity contribution >= 4 is 34.7 Å². The quantitative estimate of drug-likeness (QED) is 0.783. The lowest BCUT2D eigenvalue weighted by molar-refractivity contribution is 1.05. The molecule has 6 heteroatoms. The van der Waals surface area contributed by atoms with E-state index in [4.69, 9.17) is 23.2 Å². The summed E-state index contributed by atoms with van der Waals surface area (Å²) in [6.07, 6.45) is 1.76. The van der Waals surface area contributed by atoms with E-state index in [9.17, 15) is 4.79 Å². The monoisotopic (exact) mass is 319 g/mol. The summed E-state index contributed by atoms with van der Waals surface area (Å²) in [5.74, 6) is 0.447. The first kappa shape index (κ1) is 13.9. The van der Waals surface area contributed by atoms with Crippen molar-refractivity contribution in [2.24, 2.45) is 0 Å². The molecule has 3 rings (SSSR count). The number of benzene rings is 1. The van der Waals surface area contributed by atoms with E-state index >= 15 is 0 Å². The van der Waals surface area contributed by atoms with E-state index in [1.165, 1.54) is 0 Å². The van der Waals surface area contributed by atoms with Gasteiger partial charge in [0.2, 0.25) is 5.95 Å². The molecular weight excluding hydrogens is 309 g/mol. The average Bonchev–Trinajstić information content (AvgIpc) is 2.47. The van der Waals surface area contributed by atoms with Crippen LogP contribution in [-0.4, -0.2) is 16.4 Å². The van der Waals surface area contributed by atoms with Gasteiger partial charge in [0.15, 0.2) is 0 Å². The van der Waals surface area contributed by atoms with E-state index in [1.54, 1.807) is 41.9 Å². The highest BCUT2D eigenvalue weighted by Gasteiger charge is 2.15. The van der Waals surface area contributed by atoms with Gasteiger partial charge in [-0.1, -0.05) is 41.4 Å². The Labute approximate surface area is 131 Å². The second kappa shape index (κ2) is 5.39. The summed E-state index contributed by atoms with van der Waals surface area (Å²) in [5.41, 5.74) is 1.37. The van der Waals surface area contributed by atoms with Crippen LogP contribution in [0.5, 0.6) is 0 Å². The molecule has 21 heavy (non-hydrogen) atoms. The Morgan fingerprint density at radius 2 is 1.95 bits per heavy atom. The molecule has 1 N–H and O–H groups in total. The standard InChI is InChI=1S/C15H11Cl2N3O/c1-18-15-19-14(21)13(10-4-2-3-5-11(10)17)12-8-9(16)6-7-20(12)15/h2-8H,1H3,(H,18,19,21). The predicted molar refractivity (Wildman–Crippen MR) is 86.5 cm³/mol. The first-order valence-corrected chi connectivity index (χ1v) is 7.02. The van der Waals surface area contributed by atoms with Crippen LogP contribution < -0.4 is 10.9 Å². The van der Waals surface area contributed by atoms with Crippen molar-refractivity contribution in [3.05, 3.63) is 63.0 Å². The predicted octanol–water partition coefficient (Wildman–Crippen LogP) is 3.71. The maximum atomic E-state index is 12.4. The lowest BCUT2D eigenvalue weighted by atomic mass is 10.1. The number of nitrogens with zero attached hydrogens (tertiary/aromatic N) is 2. The summed E-state index contributed by atoms with van der Waals surface area (Å²) in [4.78, 5) is 16.5. The zero-order chi connectivity index (χ0) is 15.0. The molecule has 0 aliphatic rings. The lowest BCUT2D eigenvalue weighted by Crippen LogP contribution is -2.16. The maximum Gasteiger partial charge on any atom is 0.283 e. The second-order valence-corrected chi connectivity index (χ2v) is 5.29. The van der Waals surface area contributed by atoms with Gasteiger partial charge in [0.1, 0.15) is 0 Å². The van der Waals surface area contributed by atoms with Crippen LogP contribution in [0.25, 0.3) is 16.6 Å². The molecule has 0 saturated heterocycles. The molecule has 1 aromatic carbocycles.